The first kappa shape index (κ1) is 64.7. The standard InChI is InChI=1S/C72H78N10O3.CH2O2.HI/c1-8-81-62-35-17-15-32-55(62)70(3,4)64(81)37-22-26-49-24-21-25-50(38-43-65-71(5,6)56-33-16-18-36-63(56)82(65)9-2)69(49)74-47-20-19-46-73-66(83)44-45-67(84)85-48-72(7)75-60-34-23-31-54-59(41-42-61(76-72)68(54)60)80-79-58-40-39-57(52-29-13-14-30-53(52)58)78-77-51-27-11-10-12-28-51;2-1-3;/h10-18,22-23,26-43,50,74H,8-9,19-21,24-25,44-48H2,1-7H3,(H2-,73,75,76,77,79,83);1H,(H,2,3);1H/b26-22+,43-38+,64-37?;;. The summed E-state index contributed by atoms with van der Waals surface area (Å²) in [7, 11) is 0. The second-order valence-corrected chi connectivity index (χ2v) is 23.9. The molecular formula is C73H81IN10O5. The predicted octanol–water partition coefficient (Wildman–Crippen LogP) is 13.9. The molecular weight excluding hydrogens is 1220 g/mol. The number of nitrogens with zero attached hydrogens (tertiary/aromatic N) is 6. The van der Waals surface area contributed by atoms with Crippen molar-refractivity contribution >= 4 is 91.1 Å². The molecule has 0 fully saturated rings. The van der Waals surface area contributed by atoms with Crippen LogP contribution in [0.5, 0.6) is 0 Å². The maximum Gasteiger partial charge on any atom is 0.306 e. The lowest BCUT2D eigenvalue weighted by Crippen LogP contribution is -3.00. The van der Waals surface area contributed by atoms with Gasteiger partial charge in [0.1, 0.15) is 18.8 Å². The molecule has 16 heteroatoms. The number of hydrogen-bond acceptors (Lipinski definition) is 12. The first-order valence-electron chi connectivity index (χ1n) is 30.9. The van der Waals surface area contributed by atoms with Gasteiger partial charge in [0.25, 0.3) is 6.47 Å². The molecule has 0 radical (unpaired) electrons. The molecule has 3 aliphatic heterocycles. The van der Waals surface area contributed by atoms with Crippen molar-refractivity contribution in [2.75, 3.05) is 48.3 Å². The highest BCUT2D eigenvalue weighted by atomic mass is 127. The number of ether oxygens (including phenoxy) is 1. The molecule has 1 aliphatic carbocycles. The number of halogens is 1. The van der Waals surface area contributed by atoms with Crippen molar-refractivity contribution in [3.05, 3.63) is 204 Å². The molecule has 1 amide bonds. The lowest BCUT2D eigenvalue weighted by molar-refractivity contribution is -0.433. The number of rotatable bonds is 21. The van der Waals surface area contributed by atoms with Crippen LogP contribution in [0.2, 0.25) is 0 Å². The van der Waals surface area contributed by atoms with Crippen LogP contribution in [0.25, 0.3) is 21.5 Å². The van der Waals surface area contributed by atoms with E-state index in [-0.39, 0.29) is 72.6 Å². The van der Waals surface area contributed by atoms with Gasteiger partial charge in [-0.05, 0) is 132 Å². The van der Waals surface area contributed by atoms with Gasteiger partial charge in [-0.25, -0.2) is 0 Å². The topological polar surface area (TPSA) is 184 Å². The Morgan fingerprint density at radius 2 is 1.33 bits per heavy atom. The molecule has 5 N–H and O–H groups in total. The summed E-state index contributed by atoms with van der Waals surface area (Å²) in [5.74, 6) is -0.361. The normalized spacial score (nSPS) is 18.4. The van der Waals surface area contributed by atoms with E-state index < -0.39 is 11.6 Å². The van der Waals surface area contributed by atoms with Crippen molar-refractivity contribution in [3.63, 3.8) is 0 Å². The highest BCUT2D eigenvalue weighted by Gasteiger charge is 2.44. The first-order chi connectivity index (χ1) is 42.7. The summed E-state index contributed by atoms with van der Waals surface area (Å²) in [6, 6.07) is 49.0. The molecule has 3 heterocycles. The number of hydrogen-bond donors (Lipinski definition) is 5. The smallest absolute Gasteiger partial charge is 0.306 e. The van der Waals surface area contributed by atoms with Gasteiger partial charge < -0.3 is 60.0 Å². The number of esters is 1. The van der Waals surface area contributed by atoms with E-state index in [4.69, 9.17) is 24.9 Å². The summed E-state index contributed by atoms with van der Waals surface area (Å²) < 4.78 is 8.29. The fraction of sp³-hybridized carbons (Fsp3) is 0.315. The average molecular weight is 1310 g/mol. The van der Waals surface area contributed by atoms with Crippen LogP contribution in [-0.2, 0) is 30.0 Å². The summed E-state index contributed by atoms with van der Waals surface area (Å²) in [4.78, 5) is 37.1. The molecule has 0 bridgehead atoms. The Bertz CT molecular complexity index is 3950. The van der Waals surface area contributed by atoms with Gasteiger partial charge in [-0.2, -0.15) is 9.69 Å². The van der Waals surface area contributed by atoms with Crippen molar-refractivity contribution in [2.45, 2.75) is 110 Å². The fourth-order valence-corrected chi connectivity index (χ4v) is 12.9. The maximum atomic E-state index is 13.2. The van der Waals surface area contributed by atoms with Gasteiger partial charge >= 0.3 is 5.97 Å². The molecule has 0 spiro atoms. The van der Waals surface area contributed by atoms with Crippen LogP contribution in [0, 0.1) is 5.92 Å². The highest BCUT2D eigenvalue weighted by Crippen LogP contribution is 2.48. The van der Waals surface area contributed by atoms with Crippen LogP contribution < -0.4 is 50.1 Å². The lowest BCUT2D eigenvalue weighted by atomic mass is 9.80. The van der Waals surface area contributed by atoms with Gasteiger partial charge in [0, 0.05) is 105 Å². The lowest BCUT2D eigenvalue weighted by Gasteiger charge is -2.38. The number of anilines is 3. The number of amides is 1. The Balaban J connectivity index is 0.00000231. The van der Waals surface area contributed by atoms with E-state index >= 15 is 0 Å². The summed E-state index contributed by atoms with van der Waals surface area (Å²) in [5, 5.41) is 43.2. The van der Waals surface area contributed by atoms with Crippen LogP contribution >= 0.6 is 0 Å². The molecule has 7 aromatic rings. The number of carbonyl (C=O) groups is 3. The highest BCUT2D eigenvalue weighted by molar-refractivity contribution is 6.10. The van der Waals surface area contributed by atoms with Gasteiger partial charge in [0.2, 0.25) is 11.6 Å². The monoisotopic (exact) mass is 1300 g/mol. The minimum Gasteiger partial charge on any atom is -1.00 e. The van der Waals surface area contributed by atoms with E-state index in [0.717, 1.165) is 102 Å². The van der Waals surface area contributed by atoms with Crippen LogP contribution in [0.1, 0.15) is 105 Å². The maximum absolute atomic E-state index is 13.2. The molecule has 7 aromatic carbocycles. The van der Waals surface area contributed by atoms with Gasteiger partial charge in [-0.1, -0.05) is 123 Å². The van der Waals surface area contributed by atoms with Gasteiger partial charge in [-0.15, -0.1) is 15.3 Å². The zero-order valence-corrected chi connectivity index (χ0v) is 54.2. The third-order valence-electron chi connectivity index (χ3n) is 17.3. The number of likely N-dealkylation sites (N-methyl/N-ethyl adjacent to an activating group) is 1. The molecule has 15 nitrogen and oxygen atoms in total. The quantitative estimate of drug-likeness (QED) is 0.0117. The largest absolute Gasteiger partial charge is 1.00 e. The van der Waals surface area contributed by atoms with Crippen LogP contribution in [0.4, 0.5) is 45.5 Å². The number of para-hydroxylation sites is 2. The van der Waals surface area contributed by atoms with Crippen LogP contribution in [0.15, 0.2) is 213 Å². The minimum absolute atomic E-state index is 0. The molecule has 0 saturated heterocycles. The molecule has 460 valence electrons. The minimum atomic E-state index is -0.807. The van der Waals surface area contributed by atoms with Crippen molar-refractivity contribution < 1.29 is 52.8 Å². The number of unbranched alkanes of at least 4 members (excludes halogenated alkanes) is 1. The van der Waals surface area contributed by atoms with Crippen molar-refractivity contribution in [1.82, 2.24) is 10.6 Å². The number of benzene rings is 7. The third-order valence-corrected chi connectivity index (χ3v) is 17.3. The van der Waals surface area contributed by atoms with E-state index in [2.05, 4.69) is 161 Å². The molecule has 2 atom stereocenters. The van der Waals surface area contributed by atoms with E-state index in [0.29, 0.717) is 12.2 Å². The molecule has 2 unspecified atom stereocenters. The molecule has 0 aromatic heterocycles. The predicted molar refractivity (Wildman–Crippen MR) is 356 cm³/mol. The zero-order valence-electron chi connectivity index (χ0n) is 52.0. The third kappa shape index (κ3) is 14.4. The molecule has 0 saturated carbocycles. The Morgan fingerprint density at radius 3 is 2.04 bits per heavy atom. The average Bonchev–Trinajstić information content (AvgIpc) is 1.85. The first-order valence-corrected chi connectivity index (χ1v) is 30.9. The van der Waals surface area contributed by atoms with Crippen LogP contribution in [0.3, 0.4) is 0 Å². The van der Waals surface area contributed by atoms with E-state index in [1.807, 2.05) is 104 Å². The van der Waals surface area contributed by atoms with E-state index in [1.54, 1.807) is 0 Å². The van der Waals surface area contributed by atoms with Crippen LogP contribution in [-0.4, -0.2) is 72.2 Å². The van der Waals surface area contributed by atoms with Gasteiger partial charge in [-0.3, -0.25) is 14.4 Å². The Kier molecular flexibility index (Phi) is 21.1. The number of allylic oxidation sites excluding steroid dienone is 7. The second-order valence-electron chi connectivity index (χ2n) is 23.9. The Labute approximate surface area is 540 Å². The number of nitrogens with one attached hydrogen (secondary N) is 4. The van der Waals surface area contributed by atoms with Crippen molar-refractivity contribution in [3.8, 4) is 0 Å². The fourth-order valence-electron chi connectivity index (χ4n) is 12.9. The van der Waals surface area contributed by atoms with Gasteiger partial charge in [0.05, 0.1) is 34.6 Å². The molecule has 11 rings (SSSR count). The van der Waals surface area contributed by atoms with E-state index in [9.17, 15) is 9.59 Å². The summed E-state index contributed by atoms with van der Waals surface area (Å²) in [6.07, 6.45) is 16.7. The van der Waals surface area contributed by atoms with Crippen molar-refractivity contribution in [2.24, 2.45) is 26.4 Å². The molecule has 89 heavy (non-hydrogen) atoms. The SMILES string of the molecule is CCN1C(=C/C=C/C2=C(NCCCCNC(=O)CCC(=O)OCC3(C)Nc4cccc5c(N=Nc6ccc(N=Nc7ccccc7)c7ccccc67)ccc(c45)N3)C(/C=C/C3=[N+](CC)c4ccccc4C3(C)C)CCC2)C(C)(C)c2ccccc21.O=CO.[I-]. The molecule has 4 aliphatic rings. The number of fused-ring (bicyclic) bond motifs is 3. The Morgan fingerprint density at radius 1 is 0.708 bits per heavy atom. The second kappa shape index (κ2) is 29.0. The zero-order chi connectivity index (χ0) is 61.8. The summed E-state index contributed by atoms with van der Waals surface area (Å²) in [6.45, 7) is 18.7. The Hall–Kier alpha value is -8.77. The van der Waals surface area contributed by atoms with E-state index in [1.165, 1.54) is 45.2 Å². The summed E-state index contributed by atoms with van der Waals surface area (Å²) in [5.41, 5.74) is 14.3. The number of azo groups is 2. The van der Waals surface area contributed by atoms with Crippen molar-refractivity contribution in [1.29, 1.82) is 0 Å². The summed E-state index contributed by atoms with van der Waals surface area (Å²) >= 11 is 0. The van der Waals surface area contributed by atoms with Gasteiger partial charge in [0.15, 0.2) is 5.71 Å². The number of carbonyl (C=O) groups excluding carboxylic acids is 2. The number of carboxylic acid groups (broad SMARTS) is 1.